The van der Waals surface area contributed by atoms with Gasteiger partial charge in [-0.15, -0.1) is 0 Å². The summed E-state index contributed by atoms with van der Waals surface area (Å²) in [6, 6.07) is 5.07. The average Bonchev–Trinajstić information content (AvgIpc) is 2.47. The number of hydrogen-bond acceptors (Lipinski definition) is 3. The van der Waals surface area contributed by atoms with Crippen LogP contribution in [-0.4, -0.2) is 16.7 Å². The van der Waals surface area contributed by atoms with E-state index in [1.165, 1.54) is 6.92 Å². The number of Topliss-reactive ketones (excluding diaryl/α,β-unsaturated/α-hetero) is 1. The first-order valence-electron chi connectivity index (χ1n) is 5.93. The second-order valence-electron chi connectivity index (χ2n) is 3.56. The highest BCUT2D eigenvalue weighted by Crippen LogP contribution is 2.22. The molecule has 4 nitrogen and oxygen atoms in total. The van der Waals surface area contributed by atoms with Gasteiger partial charge in [-0.3, -0.25) is 18.1 Å². The molecule has 0 saturated heterocycles. The Morgan fingerprint density at radius 1 is 1.11 bits per heavy atom. The minimum atomic E-state index is -0.196. The van der Waals surface area contributed by atoms with Gasteiger partial charge >= 0.3 is 0 Å². The largest absolute Gasteiger partial charge is 0.295 e. The molecule has 0 aliphatic rings. The van der Waals surface area contributed by atoms with Crippen molar-refractivity contribution in [1.82, 2.24) is 8.51 Å². The van der Waals surface area contributed by atoms with Crippen LogP contribution in [0.25, 0.3) is 10.8 Å². The van der Waals surface area contributed by atoms with E-state index in [1.54, 1.807) is 53.5 Å². The van der Waals surface area contributed by atoms with Crippen molar-refractivity contribution >= 4 is 45.3 Å². The van der Waals surface area contributed by atoms with Gasteiger partial charge in [-0.1, -0.05) is 13.8 Å². The number of pyridine rings is 1. The van der Waals surface area contributed by atoms with Crippen molar-refractivity contribution in [1.29, 1.82) is 0 Å². The molecule has 100 valence electrons. The number of hydrogen-bond donors (Lipinski definition) is 1. The third-order valence-electron chi connectivity index (χ3n) is 2.53. The fourth-order valence-corrected chi connectivity index (χ4v) is 2.04. The summed E-state index contributed by atoms with van der Waals surface area (Å²) in [6.07, 6.45) is 3.21. The molecule has 2 aromatic rings. The van der Waals surface area contributed by atoms with Crippen molar-refractivity contribution < 1.29 is 9.59 Å². The molecule has 1 amide bonds. The summed E-state index contributed by atoms with van der Waals surface area (Å²) < 4.78 is 2.54. The van der Waals surface area contributed by atoms with Crippen LogP contribution in [0, 0.1) is 0 Å². The van der Waals surface area contributed by atoms with Gasteiger partial charge in [0.15, 0.2) is 5.78 Å². The number of ketones is 1. The van der Waals surface area contributed by atoms with Crippen LogP contribution in [0.15, 0.2) is 30.6 Å². The summed E-state index contributed by atoms with van der Waals surface area (Å²) in [4.78, 5) is 27.2. The number of benzene rings is 1. The van der Waals surface area contributed by atoms with Gasteiger partial charge in [0.2, 0.25) is 0 Å². The summed E-state index contributed by atoms with van der Waals surface area (Å²) in [6.45, 7) is 5.51. The highest BCUT2D eigenvalue weighted by atomic mass is 127. The van der Waals surface area contributed by atoms with E-state index in [0.717, 1.165) is 5.39 Å². The molecule has 0 atom stereocenters. The van der Waals surface area contributed by atoms with E-state index in [1.807, 2.05) is 13.8 Å². The fraction of sp³-hybridized carbons (Fsp3) is 0.214. The quantitative estimate of drug-likeness (QED) is 0.500. The van der Waals surface area contributed by atoms with Gasteiger partial charge in [-0.05, 0) is 30.5 Å². The monoisotopic (exact) mass is 370 g/mol. The fourth-order valence-electron chi connectivity index (χ4n) is 1.75. The number of fused-ring (bicyclic) bond motifs is 1. The number of carbonyl (C=O) groups is 2. The Kier molecular flexibility index (Phi) is 5.88. The molecule has 0 spiro atoms. The van der Waals surface area contributed by atoms with Crippen LogP contribution in [0.4, 0.5) is 0 Å². The molecule has 19 heavy (non-hydrogen) atoms. The molecule has 0 aliphatic heterocycles. The van der Waals surface area contributed by atoms with Crippen molar-refractivity contribution in [2.75, 3.05) is 0 Å². The van der Waals surface area contributed by atoms with E-state index in [0.29, 0.717) is 16.5 Å². The molecule has 1 aromatic heterocycles. The molecule has 0 saturated carbocycles. The number of rotatable bonds is 2. The SMILES string of the molecule is CC.CC(=O)c1ccc(C(=O)NI)c2cnccc12. The summed E-state index contributed by atoms with van der Waals surface area (Å²) in [7, 11) is 0. The molecule has 5 heteroatoms. The normalized spacial score (nSPS) is 9.47. The Morgan fingerprint density at radius 2 is 1.74 bits per heavy atom. The number of halogens is 1. The Bertz CT molecular complexity index is 611. The number of nitrogens with zero attached hydrogens (tertiary/aromatic N) is 1. The van der Waals surface area contributed by atoms with E-state index >= 15 is 0 Å². The predicted octanol–water partition coefficient (Wildman–Crippen LogP) is 3.54. The topological polar surface area (TPSA) is 59.1 Å². The minimum Gasteiger partial charge on any atom is -0.295 e. The van der Waals surface area contributed by atoms with E-state index in [-0.39, 0.29) is 11.7 Å². The van der Waals surface area contributed by atoms with Crippen molar-refractivity contribution in [2.45, 2.75) is 20.8 Å². The van der Waals surface area contributed by atoms with Crippen molar-refractivity contribution in [3.05, 3.63) is 41.7 Å². The Balaban J connectivity index is 0.000000861. The maximum absolute atomic E-state index is 11.7. The van der Waals surface area contributed by atoms with E-state index in [9.17, 15) is 9.59 Å². The summed E-state index contributed by atoms with van der Waals surface area (Å²) >= 11 is 1.78. The summed E-state index contributed by atoms with van der Waals surface area (Å²) in [5.74, 6) is -0.221. The second-order valence-corrected chi connectivity index (χ2v) is 4.10. The van der Waals surface area contributed by atoms with Crippen LogP contribution in [0.5, 0.6) is 0 Å². The summed E-state index contributed by atoms with van der Waals surface area (Å²) in [5, 5.41) is 1.44. The maximum atomic E-state index is 11.7. The number of nitrogens with one attached hydrogen (secondary N) is 1. The van der Waals surface area contributed by atoms with E-state index in [4.69, 9.17) is 0 Å². The Hall–Kier alpha value is -1.50. The zero-order valence-electron chi connectivity index (χ0n) is 11.0. The lowest BCUT2D eigenvalue weighted by Gasteiger charge is -2.07. The Labute approximate surface area is 126 Å². The predicted molar refractivity (Wildman–Crippen MR) is 84.6 cm³/mol. The first-order valence-corrected chi connectivity index (χ1v) is 7.01. The molecule has 1 N–H and O–H groups in total. The first-order chi connectivity index (χ1) is 9.15. The summed E-state index contributed by atoms with van der Waals surface area (Å²) in [5.41, 5.74) is 1.12. The standard InChI is InChI=1S/C12H9IN2O2.C2H6/c1-7(16)8-2-3-10(12(17)15-13)11-6-14-5-4-9(8)11;1-2/h2-6H,1H3,(H,15,17);1-2H3. The zero-order valence-corrected chi connectivity index (χ0v) is 13.2. The minimum absolute atomic E-state index is 0.0253. The van der Waals surface area contributed by atoms with Gasteiger partial charge in [-0.2, -0.15) is 0 Å². The molecular formula is C14H15IN2O2. The average molecular weight is 370 g/mol. The molecule has 1 heterocycles. The molecule has 0 unspecified atom stereocenters. The van der Waals surface area contributed by atoms with Gasteiger partial charge in [0, 0.05) is 28.9 Å². The van der Waals surface area contributed by atoms with Gasteiger partial charge in [0.25, 0.3) is 5.91 Å². The molecule has 0 fully saturated rings. The highest BCUT2D eigenvalue weighted by molar-refractivity contribution is 14.1. The molecule has 0 radical (unpaired) electrons. The third kappa shape index (κ3) is 3.28. The van der Waals surface area contributed by atoms with Crippen LogP contribution in [0.1, 0.15) is 41.5 Å². The second kappa shape index (κ2) is 7.18. The van der Waals surface area contributed by atoms with E-state index in [2.05, 4.69) is 8.51 Å². The van der Waals surface area contributed by atoms with Crippen LogP contribution >= 0.6 is 22.9 Å². The third-order valence-corrected chi connectivity index (χ3v) is 3.02. The van der Waals surface area contributed by atoms with Gasteiger partial charge < -0.3 is 0 Å². The number of amides is 1. The maximum Gasteiger partial charge on any atom is 0.260 e. The van der Waals surface area contributed by atoms with Gasteiger partial charge in [-0.25, -0.2) is 0 Å². The van der Waals surface area contributed by atoms with Crippen LogP contribution in [-0.2, 0) is 0 Å². The highest BCUT2D eigenvalue weighted by Gasteiger charge is 2.13. The van der Waals surface area contributed by atoms with E-state index < -0.39 is 0 Å². The lowest BCUT2D eigenvalue weighted by atomic mass is 9.99. The molecule has 0 bridgehead atoms. The van der Waals surface area contributed by atoms with Gasteiger partial charge in [0.1, 0.15) is 0 Å². The smallest absolute Gasteiger partial charge is 0.260 e. The van der Waals surface area contributed by atoms with Crippen molar-refractivity contribution in [3.63, 3.8) is 0 Å². The lowest BCUT2D eigenvalue weighted by Crippen LogP contribution is -2.12. The number of aromatic nitrogens is 1. The molecule has 1 aromatic carbocycles. The number of carbonyl (C=O) groups excluding carboxylic acids is 2. The zero-order chi connectivity index (χ0) is 14.4. The van der Waals surface area contributed by atoms with Gasteiger partial charge in [0.05, 0.1) is 22.9 Å². The van der Waals surface area contributed by atoms with Crippen LogP contribution < -0.4 is 3.53 Å². The van der Waals surface area contributed by atoms with Crippen LogP contribution in [0.2, 0.25) is 0 Å². The van der Waals surface area contributed by atoms with Crippen LogP contribution in [0.3, 0.4) is 0 Å². The van der Waals surface area contributed by atoms with Crippen molar-refractivity contribution in [2.24, 2.45) is 0 Å². The first kappa shape index (κ1) is 15.6. The van der Waals surface area contributed by atoms with Crippen molar-refractivity contribution in [3.8, 4) is 0 Å². The molecule has 0 aliphatic carbocycles. The molecular weight excluding hydrogens is 355 g/mol. The Morgan fingerprint density at radius 3 is 2.32 bits per heavy atom. The lowest BCUT2D eigenvalue weighted by molar-refractivity contribution is 0.0986. The molecule has 2 rings (SSSR count).